The van der Waals surface area contributed by atoms with E-state index in [4.69, 9.17) is 0 Å². The molecule has 0 unspecified atom stereocenters. The van der Waals surface area contributed by atoms with Gasteiger partial charge in [0.05, 0.1) is 10.3 Å². The Balaban J connectivity index is 1.60. The molecule has 27 heavy (non-hydrogen) atoms. The van der Waals surface area contributed by atoms with Gasteiger partial charge in [-0.3, -0.25) is 15.1 Å². The highest BCUT2D eigenvalue weighted by Crippen LogP contribution is 2.33. The lowest BCUT2D eigenvalue weighted by atomic mass is 10.1. The summed E-state index contributed by atoms with van der Waals surface area (Å²) in [6, 6.07) is 7.27. The van der Waals surface area contributed by atoms with E-state index in [9.17, 15) is 10.1 Å². The highest BCUT2D eigenvalue weighted by atomic mass is 16.6. The van der Waals surface area contributed by atoms with Crippen LogP contribution in [0.15, 0.2) is 36.7 Å². The number of aromatic nitrogens is 3. The Morgan fingerprint density at radius 1 is 1.00 bits per heavy atom. The first-order valence-electron chi connectivity index (χ1n) is 8.86. The first kappa shape index (κ1) is 17.1. The first-order valence-corrected chi connectivity index (χ1v) is 8.86. The molecule has 0 radical (unpaired) electrons. The molecule has 0 N–H and O–H groups in total. The van der Waals surface area contributed by atoms with Crippen LogP contribution in [-0.2, 0) is 0 Å². The number of fused-ring (bicyclic) bond motifs is 1. The van der Waals surface area contributed by atoms with Gasteiger partial charge in [0.1, 0.15) is 11.6 Å². The fourth-order valence-electron chi connectivity index (χ4n) is 3.63. The molecule has 2 aromatic heterocycles. The van der Waals surface area contributed by atoms with Crippen LogP contribution in [0.3, 0.4) is 0 Å². The van der Waals surface area contributed by atoms with Crippen molar-refractivity contribution in [2.45, 2.75) is 13.8 Å². The molecule has 138 valence electrons. The van der Waals surface area contributed by atoms with Crippen LogP contribution in [0.4, 0.5) is 17.2 Å². The smallest absolute Gasteiger partial charge is 0.278 e. The minimum absolute atomic E-state index is 0.0902. The molecule has 1 aliphatic rings. The molecule has 1 aliphatic heterocycles. The van der Waals surface area contributed by atoms with E-state index in [0.717, 1.165) is 54.6 Å². The Bertz CT molecular complexity index is 994. The predicted molar refractivity (Wildman–Crippen MR) is 104 cm³/mol. The summed E-state index contributed by atoms with van der Waals surface area (Å²) in [5.74, 6) is 1.73. The van der Waals surface area contributed by atoms with Gasteiger partial charge in [-0.25, -0.2) is 9.97 Å². The molecule has 0 saturated carbocycles. The van der Waals surface area contributed by atoms with Gasteiger partial charge in [-0.05, 0) is 26.0 Å². The van der Waals surface area contributed by atoms with Gasteiger partial charge < -0.3 is 9.80 Å². The molecule has 8 nitrogen and oxygen atoms in total. The number of anilines is 2. The number of hydrogen-bond donors (Lipinski definition) is 0. The maximum Gasteiger partial charge on any atom is 0.278 e. The van der Waals surface area contributed by atoms with Crippen molar-refractivity contribution in [2.75, 3.05) is 36.0 Å². The fourth-order valence-corrected chi connectivity index (χ4v) is 3.63. The predicted octanol–water partition coefficient (Wildman–Crippen LogP) is 2.88. The molecule has 0 bridgehead atoms. The van der Waals surface area contributed by atoms with Gasteiger partial charge in [0.25, 0.3) is 5.69 Å². The molecule has 0 amide bonds. The summed E-state index contributed by atoms with van der Waals surface area (Å²) >= 11 is 0. The fraction of sp³-hybridized carbons (Fsp3) is 0.316. The van der Waals surface area contributed by atoms with E-state index in [1.807, 2.05) is 32.0 Å². The van der Waals surface area contributed by atoms with E-state index >= 15 is 0 Å². The van der Waals surface area contributed by atoms with Crippen LogP contribution in [-0.4, -0.2) is 46.1 Å². The largest absolute Gasteiger partial charge is 0.367 e. The maximum absolute atomic E-state index is 11.3. The van der Waals surface area contributed by atoms with Gasteiger partial charge in [-0.2, -0.15) is 0 Å². The van der Waals surface area contributed by atoms with Crippen molar-refractivity contribution in [3.8, 4) is 0 Å². The highest BCUT2D eigenvalue weighted by Gasteiger charge is 2.22. The van der Waals surface area contributed by atoms with Crippen LogP contribution >= 0.6 is 0 Å². The number of nitro groups is 1. The van der Waals surface area contributed by atoms with Gasteiger partial charge in [-0.1, -0.05) is 0 Å². The van der Waals surface area contributed by atoms with Crippen molar-refractivity contribution < 1.29 is 4.92 Å². The zero-order valence-electron chi connectivity index (χ0n) is 15.3. The third-order valence-electron chi connectivity index (χ3n) is 4.87. The Labute approximate surface area is 156 Å². The number of hydrogen-bond acceptors (Lipinski definition) is 7. The number of piperazine rings is 1. The molecule has 0 spiro atoms. The molecular formula is C19H20N6O2. The second-order valence-electron chi connectivity index (χ2n) is 6.67. The molecule has 4 rings (SSSR count). The molecule has 0 atom stereocenters. The van der Waals surface area contributed by atoms with Crippen LogP contribution < -0.4 is 9.80 Å². The summed E-state index contributed by atoms with van der Waals surface area (Å²) in [7, 11) is 0. The molecule has 1 saturated heterocycles. The molecule has 0 aliphatic carbocycles. The second kappa shape index (κ2) is 6.79. The van der Waals surface area contributed by atoms with E-state index in [-0.39, 0.29) is 10.6 Å². The second-order valence-corrected chi connectivity index (χ2v) is 6.67. The molecule has 1 fully saturated rings. The summed E-state index contributed by atoms with van der Waals surface area (Å²) in [4.78, 5) is 28.4. The highest BCUT2D eigenvalue weighted by molar-refractivity contribution is 5.99. The standard InChI is InChI=1S/C19H20N6O2/c1-13-11-19(22-14(2)21-13)24-9-7-23(8-10-24)17-3-4-18(25(26)27)16-12-20-6-5-15(16)17/h3-6,11-12H,7-10H2,1-2H3. The van der Waals surface area contributed by atoms with Crippen molar-refractivity contribution >= 4 is 28.0 Å². The number of nitrogens with zero attached hydrogens (tertiary/aromatic N) is 6. The number of rotatable bonds is 3. The first-order chi connectivity index (χ1) is 13.0. The molecule has 1 aromatic carbocycles. The average molecular weight is 364 g/mol. The number of nitro benzene ring substituents is 1. The minimum atomic E-state index is -0.356. The molecular weight excluding hydrogens is 344 g/mol. The van der Waals surface area contributed by atoms with Crippen LogP contribution in [0.1, 0.15) is 11.5 Å². The lowest BCUT2D eigenvalue weighted by Crippen LogP contribution is -2.47. The summed E-state index contributed by atoms with van der Waals surface area (Å²) in [5.41, 5.74) is 2.06. The number of benzene rings is 1. The van der Waals surface area contributed by atoms with Crippen molar-refractivity contribution in [3.05, 3.63) is 58.3 Å². The minimum Gasteiger partial charge on any atom is -0.367 e. The van der Waals surface area contributed by atoms with Gasteiger partial charge in [0.15, 0.2) is 0 Å². The van der Waals surface area contributed by atoms with E-state index < -0.39 is 0 Å². The van der Waals surface area contributed by atoms with Crippen molar-refractivity contribution in [1.29, 1.82) is 0 Å². The number of non-ortho nitro benzene ring substituents is 1. The van der Waals surface area contributed by atoms with E-state index in [0.29, 0.717) is 5.39 Å². The Morgan fingerprint density at radius 2 is 1.74 bits per heavy atom. The van der Waals surface area contributed by atoms with E-state index in [1.165, 1.54) is 0 Å². The molecule has 8 heteroatoms. The normalized spacial score (nSPS) is 14.6. The third-order valence-corrected chi connectivity index (χ3v) is 4.87. The topological polar surface area (TPSA) is 88.3 Å². The van der Waals surface area contributed by atoms with Gasteiger partial charge >= 0.3 is 0 Å². The van der Waals surface area contributed by atoms with Gasteiger partial charge in [0.2, 0.25) is 0 Å². The monoisotopic (exact) mass is 364 g/mol. The van der Waals surface area contributed by atoms with Crippen LogP contribution in [0.25, 0.3) is 10.8 Å². The zero-order valence-corrected chi connectivity index (χ0v) is 15.3. The van der Waals surface area contributed by atoms with Gasteiger partial charge in [0, 0.05) is 67.5 Å². The summed E-state index contributed by atoms with van der Waals surface area (Å²) in [6.07, 6.45) is 3.25. The lowest BCUT2D eigenvalue weighted by molar-refractivity contribution is -0.383. The van der Waals surface area contributed by atoms with E-state index in [2.05, 4.69) is 24.8 Å². The summed E-state index contributed by atoms with van der Waals surface area (Å²) < 4.78 is 0. The Morgan fingerprint density at radius 3 is 2.44 bits per heavy atom. The average Bonchev–Trinajstić information content (AvgIpc) is 2.66. The number of pyridine rings is 1. The molecule has 3 heterocycles. The van der Waals surface area contributed by atoms with Gasteiger partial charge in [-0.15, -0.1) is 0 Å². The van der Waals surface area contributed by atoms with Crippen molar-refractivity contribution in [3.63, 3.8) is 0 Å². The summed E-state index contributed by atoms with van der Waals surface area (Å²) in [5, 5.41) is 12.7. The lowest BCUT2D eigenvalue weighted by Gasteiger charge is -2.37. The van der Waals surface area contributed by atoms with Crippen LogP contribution in [0, 0.1) is 24.0 Å². The Kier molecular flexibility index (Phi) is 4.31. The summed E-state index contributed by atoms with van der Waals surface area (Å²) in [6.45, 7) is 7.18. The number of aryl methyl sites for hydroxylation is 2. The Hall–Kier alpha value is -3.29. The van der Waals surface area contributed by atoms with Crippen molar-refractivity contribution in [2.24, 2.45) is 0 Å². The third kappa shape index (κ3) is 3.25. The van der Waals surface area contributed by atoms with Crippen LogP contribution in [0.5, 0.6) is 0 Å². The van der Waals surface area contributed by atoms with Crippen molar-refractivity contribution in [1.82, 2.24) is 15.0 Å². The zero-order chi connectivity index (χ0) is 19.0. The molecule has 3 aromatic rings. The quantitative estimate of drug-likeness (QED) is 0.521. The van der Waals surface area contributed by atoms with E-state index in [1.54, 1.807) is 18.5 Å². The van der Waals surface area contributed by atoms with Crippen LogP contribution in [0.2, 0.25) is 0 Å². The SMILES string of the molecule is Cc1cc(N2CCN(c3ccc([N+](=O)[O-])c4cnccc34)CC2)nc(C)n1. The maximum atomic E-state index is 11.3.